The quantitative estimate of drug-likeness (QED) is 0.478. The number of alkyl halides is 2. The van der Waals surface area contributed by atoms with E-state index >= 15 is 4.39 Å². The maximum atomic E-state index is 15.7. The van der Waals surface area contributed by atoms with Crippen molar-refractivity contribution in [3.8, 4) is 11.8 Å². The van der Waals surface area contributed by atoms with Crippen molar-refractivity contribution in [2.75, 3.05) is 22.9 Å². The molecule has 208 valence electrons. The van der Waals surface area contributed by atoms with Crippen molar-refractivity contribution in [2.24, 2.45) is 0 Å². The number of carboxylic acid groups (broad SMARTS) is 1. The standard InChI is InChI=1S/C27H23F3N4O6/c1-2-32-13-19(25(36)37)23(35)18-9-20(28)22(24(21(18)32)40-26(29)30)33-7-3-4-14-8-16(6-5-15(14)11-33)34-12-17(10-31)39-27(34)38/h5-6,8-9,13,17,26H,2-4,7,11-12H2,1H3,(H,36,37). The van der Waals surface area contributed by atoms with E-state index < -0.39 is 47.3 Å². The van der Waals surface area contributed by atoms with E-state index in [0.29, 0.717) is 18.5 Å². The molecular weight excluding hydrogens is 533 g/mol. The number of rotatable bonds is 6. The molecule has 3 aromatic rings. The van der Waals surface area contributed by atoms with Gasteiger partial charge in [0, 0.05) is 31.5 Å². The van der Waals surface area contributed by atoms with Crippen LogP contribution in [0.4, 0.5) is 29.3 Å². The summed E-state index contributed by atoms with van der Waals surface area (Å²) < 4.78 is 54.1. The van der Waals surface area contributed by atoms with E-state index in [-0.39, 0.29) is 42.8 Å². The van der Waals surface area contributed by atoms with Crippen LogP contribution < -0.4 is 20.0 Å². The lowest BCUT2D eigenvalue weighted by Crippen LogP contribution is -2.27. The highest BCUT2D eigenvalue weighted by Crippen LogP contribution is 2.41. The molecule has 3 heterocycles. The molecule has 1 unspecified atom stereocenters. The third-order valence-corrected chi connectivity index (χ3v) is 7.03. The van der Waals surface area contributed by atoms with Gasteiger partial charge in [-0.2, -0.15) is 14.0 Å². The van der Waals surface area contributed by atoms with Gasteiger partial charge in [0.15, 0.2) is 11.6 Å². The monoisotopic (exact) mass is 556 g/mol. The van der Waals surface area contributed by atoms with Crippen LogP contribution in [0.3, 0.4) is 0 Å². The number of halogens is 3. The normalized spacial score (nSPS) is 17.0. The Morgan fingerprint density at radius 1 is 1.27 bits per heavy atom. The number of carboxylic acids is 1. The molecule has 0 radical (unpaired) electrons. The van der Waals surface area contributed by atoms with E-state index in [4.69, 9.17) is 14.7 Å². The minimum Gasteiger partial charge on any atom is -0.477 e. The molecule has 1 atom stereocenters. The first-order valence-corrected chi connectivity index (χ1v) is 12.4. The van der Waals surface area contributed by atoms with Crippen molar-refractivity contribution in [1.29, 1.82) is 5.26 Å². The van der Waals surface area contributed by atoms with Gasteiger partial charge in [-0.3, -0.25) is 9.69 Å². The van der Waals surface area contributed by atoms with Gasteiger partial charge in [0.25, 0.3) is 0 Å². The Balaban J connectivity index is 1.61. The highest BCUT2D eigenvalue weighted by Gasteiger charge is 2.33. The van der Waals surface area contributed by atoms with Crippen LogP contribution in [0.5, 0.6) is 5.75 Å². The first kappa shape index (κ1) is 26.9. The van der Waals surface area contributed by atoms with Crippen molar-refractivity contribution < 1.29 is 37.3 Å². The number of aryl methyl sites for hydroxylation is 2. The lowest BCUT2D eigenvalue weighted by Gasteiger charge is -2.28. The highest BCUT2D eigenvalue weighted by atomic mass is 19.3. The first-order chi connectivity index (χ1) is 19.1. The zero-order valence-corrected chi connectivity index (χ0v) is 21.2. The summed E-state index contributed by atoms with van der Waals surface area (Å²) in [4.78, 5) is 39.6. The molecule has 1 amide bonds. The number of aromatic carboxylic acids is 1. The molecule has 40 heavy (non-hydrogen) atoms. The molecule has 0 bridgehead atoms. The van der Waals surface area contributed by atoms with Crippen LogP contribution in [0.2, 0.25) is 0 Å². The number of anilines is 2. The molecule has 0 spiro atoms. The molecule has 1 saturated heterocycles. The number of nitrogens with zero attached hydrogens (tertiary/aromatic N) is 4. The van der Waals surface area contributed by atoms with Gasteiger partial charge in [0.05, 0.1) is 17.4 Å². The van der Waals surface area contributed by atoms with E-state index in [9.17, 15) is 28.3 Å². The number of pyridine rings is 1. The summed E-state index contributed by atoms with van der Waals surface area (Å²) in [6.07, 6.45) is 0.546. The van der Waals surface area contributed by atoms with Crippen molar-refractivity contribution in [1.82, 2.24) is 4.57 Å². The smallest absolute Gasteiger partial charge is 0.415 e. The second kappa shape index (κ2) is 10.4. The summed E-state index contributed by atoms with van der Waals surface area (Å²) in [5.74, 6) is -3.08. The molecule has 2 aliphatic rings. The van der Waals surface area contributed by atoms with Gasteiger partial charge in [-0.15, -0.1) is 0 Å². The molecule has 2 aliphatic heterocycles. The third kappa shape index (κ3) is 4.66. The van der Waals surface area contributed by atoms with Gasteiger partial charge in [-0.1, -0.05) is 6.07 Å². The summed E-state index contributed by atoms with van der Waals surface area (Å²) in [7, 11) is 0. The van der Waals surface area contributed by atoms with Crippen LogP contribution in [0.25, 0.3) is 10.9 Å². The van der Waals surface area contributed by atoms with Crippen molar-refractivity contribution >= 4 is 34.3 Å². The fourth-order valence-electron chi connectivity index (χ4n) is 5.23. The number of fused-ring (bicyclic) bond motifs is 2. The van der Waals surface area contributed by atoms with Crippen molar-refractivity contribution in [2.45, 2.75) is 45.6 Å². The van der Waals surface area contributed by atoms with E-state index in [0.717, 1.165) is 23.4 Å². The Morgan fingerprint density at radius 2 is 2.05 bits per heavy atom. The largest absolute Gasteiger partial charge is 0.477 e. The summed E-state index contributed by atoms with van der Waals surface area (Å²) >= 11 is 0. The predicted octanol–water partition coefficient (Wildman–Crippen LogP) is 4.26. The Hall–Kier alpha value is -4.73. The lowest BCUT2D eigenvalue weighted by molar-refractivity contribution is -0.0488. The summed E-state index contributed by atoms with van der Waals surface area (Å²) in [5.41, 5.74) is 0.110. The van der Waals surface area contributed by atoms with Gasteiger partial charge < -0.3 is 24.0 Å². The van der Waals surface area contributed by atoms with Gasteiger partial charge >= 0.3 is 18.7 Å². The molecular formula is C27H23F3N4O6. The van der Waals surface area contributed by atoms with Crippen molar-refractivity contribution in [3.63, 3.8) is 0 Å². The minimum atomic E-state index is -3.34. The molecule has 13 heteroatoms. The number of hydrogen-bond acceptors (Lipinski definition) is 7. The molecule has 1 N–H and O–H groups in total. The van der Waals surface area contributed by atoms with Crippen LogP contribution in [-0.4, -0.2) is 47.5 Å². The predicted molar refractivity (Wildman–Crippen MR) is 136 cm³/mol. The third-order valence-electron chi connectivity index (χ3n) is 7.03. The Bertz CT molecular complexity index is 1630. The fraction of sp³-hybridized carbons (Fsp3) is 0.333. The molecule has 1 fully saturated rings. The Morgan fingerprint density at radius 3 is 2.70 bits per heavy atom. The second-order valence-electron chi connectivity index (χ2n) is 9.36. The van der Waals surface area contributed by atoms with E-state index in [2.05, 4.69) is 0 Å². The molecule has 5 rings (SSSR count). The molecule has 0 aliphatic carbocycles. The fourth-order valence-corrected chi connectivity index (χ4v) is 5.23. The van der Waals surface area contributed by atoms with E-state index in [1.165, 1.54) is 9.47 Å². The van der Waals surface area contributed by atoms with E-state index in [1.807, 2.05) is 6.07 Å². The number of ether oxygens (including phenoxy) is 2. The highest BCUT2D eigenvalue weighted by molar-refractivity contribution is 5.97. The van der Waals surface area contributed by atoms with E-state index in [1.54, 1.807) is 30.0 Å². The number of aromatic nitrogens is 1. The first-order valence-electron chi connectivity index (χ1n) is 12.4. The van der Waals surface area contributed by atoms with Gasteiger partial charge in [-0.25, -0.2) is 14.0 Å². The number of cyclic esters (lactones) is 1. The summed E-state index contributed by atoms with van der Waals surface area (Å²) in [6, 6.07) is 7.96. The lowest BCUT2D eigenvalue weighted by atomic mass is 10.0. The summed E-state index contributed by atoms with van der Waals surface area (Å²) in [6.45, 7) is -1.19. The topological polar surface area (TPSA) is 125 Å². The van der Waals surface area contributed by atoms with Gasteiger partial charge in [0.2, 0.25) is 11.5 Å². The van der Waals surface area contributed by atoms with Crippen LogP contribution in [0.15, 0.2) is 35.3 Å². The zero-order valence-electron chi connectivity index (χ0n) is 21.2. The number of carbonyl (C=O) groups excluding carboxylic acids is 1. The van der Waals surface area contributed by atoms with Gasteiger partial charge in [-0.05, 0) is 49.1 Å². The maximum absolute atomic E-state index is 15.7. The number of carbonyl (C=O) groups is 2. The molecule has 1 aromatic heterocycles. The molecule has 10 nitrogen and oxygen atoms in total. The van der Waals surface area contributed by atoms with Crippen LogP contribution >= 0.6 is 0 Å². The zero-order chi connectivity index (χ0) is 28.7. The average Bonchev–Trinajstić information content (AvgIpc) is 3.16. The minimum absolute atomic E-state index is 0.0829. The molecule has 2 aromatic carbocycles. The number of hydrogen-bond donors (Lipinski definition) is 1. The number of benzene rings is 2. The molecule has 0 saturated carbocycles. The number of amides is 1. The average molecular weight is 556 g/mol. The number of nitriles is 1. The van der Waals surface area contributed by atoms with Crippen molar-refractivity contribution in [3.05, 3.63) is 63.2 Å². The Kier molecular flexibility index (Phi) is 7.01. The second-order valence-corrected chi connectivity index (χ2v) is 9.36. The van der Waals surface area contributed by atoms with Crippen LogP contribution in [0, 0.1) is 17.1 Å². The van der Waals surface area contributed by atoms with Gasteiger partial charge in [0.1, 0.15) is 17.3 Å². The van der Waals surface area contributed by atoms with Crippen LogP contribution in [-0.2, 0) is 24.2 Å². The summed E-state index contributed by atoms with van der Waals surface area (Å²) in [5, 5.41) is 18.1. The maximum Gasteiger partial charge on any atom is 0.415 e. The SMILES string of the molecule is CCn1cc(C(=O)O)c(=O)c2cc(F)c(N3CCCc4cc(N5CC(C#N)OC5=O)ccc4C3)c(OC(F)F)c21. The van der Waals surface area contributed by atoms with Crippen LogP contribution in [0.1, 0.15) is 34.8 Å². The Labute approximate surface area is 225 Å².